The zero-order valence-corrected chi connectivity index (χ0v) is 11.8. The number of hydrogen-bond donors (Lipinski definition) is 0. The minimum Gasteiger partial charge on any atom is -0.377 e. The number of ether oxygens (including phenoxy) is 1. The van der Waals surface area contributed by atoms with Gasteiger partial charge in [0.05, 0.1) is 12.3 Å². The highest BCUT2D eigenvalue weighted by molar-refractivity contribution is 5.94. The van der Waals surface area contributed by atoms with Crippen LogP contribution in [-0.2, 0) is 4.74 Å². The van der Waals surface area contributed by atoms with Gasteiger partial charge in [-0.25, -0.2) is 4.39 Å². The average Bonchev–Trinajstić information content (AvgIpc) is 2.46. The maximum Gasteiger partial charge on any atom is 0.182 e. The summed E-state index contributed by atoms with van der Waals surface area (Å²) in [5, 5.41) is 0. The summed E-state index contributed by atoms with van der Waals surface area (Å²) in [7, 11) is 0. The molecule has 1 atom stereocenters. The summed E-state index contributed by atoms with van der Waals surface area (Å²) in [6.07, 6.45) is 3.98. The first kappa shape index (κ1) is 15.1. The number of carbonyl (C=O) groups is 1. The fourth-order valence-corrected chi connectivity index (χ4v) is 2.52. The van der Waals surface area contributed by atoms with Gasteiger partial charge in [0, 0.05) is 26.1 Å². The monoisotopic (exact) mass is 280 g/mol. The number of hydrogen-bond acceptors (Lipinski definition) is 4. The lowest BCUT2D eigenvalue weighted by Crippen LogP contribution is -2.40. The highest BCUT2D eigenvalue weighted by Gasteiger charge is 2.20. The van der Waals surface area contributed by atoms with Crippen LogP contribution < -0.4 is 0 Å². The van der Waals surface area contributed by atoms with E-state index in [1.165, 1.54) is 12.1 Å². The molecule has 110 valence electrons. The molecule has 0 saturated carbocycles. The van der Waals surface area contributed by atoms with E-state index in [2.05, 4.69) is 9.88 Å². The van der Waals surface area contributed by atoms with Crippen molar-refractivity contribution < 1.29 is 13.9 Å². The standard InChI is InChI=1S/C15H21FN2O2/c1-2-20-13-4-3-8-18(11-13)9-7-15(19)14-6-5-12(16)10-17-14/h5-6,10,13H,2-4,7-9,11H2,1H3. The number of likely N-dealkylation sites (tertiary alicyclic amines) is 1. The van der Waals surface area contributed by atoms with Crippen LogP contribution in [0.2, 0.25) is 0 Å². The molecular weight excluding hydrogens is 259 g/mol. The van der Waals surface area contributed by atoms with Crippen molar-refractivity contribution in [2.75, 3.05) is 26.2 Å². The van der Waals surface area contributed by atoms with Crippen molar-refractivity contribution in [1.82, 2.24) is 9.88 Å². The normalized spacial score (nSPS) is 20.0. The molecule has 0 aromatic carbocycles. The number of ketones is 1. The van der Waals surface area contributed by atoms with Crippen LogP contribution in [0.15, 0.2) is 18.3 Å². The van der Waals surface area contributed by atoms with Gasteiger partial charge in [-0.1, -0.05) is 0 Å². The van der Waals surface area contributed by atoms with Crippen molar-refractivity contribution in [3.8, 4) is 0 Å². The number of halogens is 1. The highest BCUT2D eigenvalue weighted by Crippen LogP contribution is 2.14. The van der Waals surface area contributed by atoms with Gasteiger partial charge in [0.1, 0.15) is 11.5 Å². The lowest BCUT2D eigenvalue weighted by molar-refractivity contribution is 0.00588. The maximum absolute atomic E-state index is 12.7. The molecule has 0 N–H and O–H groups in total. The summed E-state index contributed by atoms with van der Waals surface area (Å²) >= 11 is 0. The van der Waals surface area contributed by atoms with E-state index < -0.39 is 5.82 Å². The molecule has 1 aliphatic rings. The molecule has 1 aliphatic heterocycles. The smallest absolute Gasteiger partial charge is 0.182 e. The van der Waals surface area contributed by atoms with Crippen LogP contribution in [0.3, 0.4) is 0 Å². The van der Waals surface area contributed by atoms with Gasteiger partial charge in [0.15, 0.2) is 5.78 Å². The maximum atomic E-state index is 12.7. The third-order valence-electron chi connectivity index (χ3n) is 3.53. The largest absolute Gasteiger partial charge is 0.377 e. The van der Waals surface area contributed by atoms with Crippen LogP contribution in [0.25, 0.3) is 0 Å². The van der Waals surface area contributed by atoms with E-state index in [1.54, 1.807) is 0 Å². The number of Topliss-reactive ketones (excluding diaryl/α,β-unsaturated/α-hetero) is 1. The third kappa shape index (κ3) is 4.35. The Morgan fingerprint density at radius 1 is 1.55 bits per heavy atom. The highest BCUT2D eigenvalue weighted by atomic mass is 19.1. The minimum absolute atomic E-state index is 0.0384. The second-order valence-corrected chi connectivity index (χ2v) is 5.06. The van der Waals surface area contributed by atoms with Gasteiger partial charge < -0.3 is 9.64 Å². The summed E-state index contributed by atoms with van der Waals surface area (Å²) in [5.74, 6) is -0.458. The second kappa shape index (κ2) is 7.45. The van der Waals surface area contributed by atoms with Crippen LogP contribution >= 0.6 is 0 Å². The molecule has 0 amide bonds. The summed E-state index contributed by atoms with van der Waals surface area (Å²) in [5.41, 5.74) is 0.338. The van der Waals surface area contributed by atoms with E-state index in [9.17, 15) is 9.18 Å². The van der Waals surface area contributed by atoms with Crippen LogP contribution in [0.4, 0.5) is 4.39 Å². The lowest BCUT2D eigenvalue weighted by atomic mass is 10.1. The topological polar surface area (TPSA) is 42.4 Å². The van der Waals surface area contributed by atoms with Gasteiger partial charge in [-0.15, -0.1) is 0 Å². The quantitative estimate of drug-likeness (QED) is 0.750. The fraction of sp³-hybridized carbons (Fsp3) is 0.600. The Kier molecular flexibility index (Phi) is 5.61. The Balaban J connectivity index is 1.79. The minimum atomic E-state index is -0.419. The first-order chi connectivity index (χ1) is 9.69. The molecule has 0 bridgehead atoms. The molecule has 1 fully saturated rings. The van der Waals surface area contributed by atoms with E-state index in [-0.39, 0.29) is 11.9 Å². The van der Waals surface area contributed by atoms with E-state index >= 15 is 0 Å². The number of rotatable bonds is 6. The first-order valence-corrected chi connectivity index (χ1v) is 7.17. The van der Waals surface area contributed by atoms with Crippen LogP contribution in [0, 0.1) is 5.82 Å². The molecule has 0 spiro atoms. The third-order valence-corrected chi connectivity index (χ3v) is 3.53. The molecule has 0 aliphatic carbocycles. The van der Waals surface area contributed by atoms with Crippen molar-refractivity contribution >= 4 is 5.78 Å². The van der Waals surface area contributed by atoms with Crippen molar-refractivity contribution in [3.05, 3.63) is 29.8 Å². The number of carbonyl (C=O) groups excluding carboxylic acids is 1. The van der Waals surface area contributed by atoms with Gasteiger partial charge in [-0.3, -0.25) is 9.78 Å². The Morgan fingerprint density at radius 3 is 3.10 bits per heavy atom. The van der Waals surface area contributed by atoms with Gasteiger partial charge in [-0.2, -0.15) is 0 Å². The fourth-order valence-electron chi connectivity index (χ4n) is 2.52. The predicted molar refractivity (Wildman–Crippen MR) is 74.2 cm³/mol. The number of nitrogens with zero attached hydrogens (tertiary/aromatic N) is 2. The van der Waals surface area contributed by atoms with Crippen molar-refractivity contribution in [1.29, 1.82) is 0 Å². The molecule has 2 heterocycles. The molecule has 1 saturated heterocycles. The summed E-state index contributed by atoms with van der Waals surface area (Å²) in [6.45, 7) is 5.34. The van der Waals surface area contributed by atoms with E-state index in [0.29, 0.717) is 18.7 Å². The van der Waals surface area contributed by atoms with E-state index in [0.717, 1.165) is 38.7 Å². The second-order valence-electron chi connectivity index (χ2n) is 5.06. The summed E-state index contributed by atoms with van der Waals surface area (Å²) in [4.78, 5) is 18.0. The molecule has 2 rings (SSSR count). The van der Waals surface area contributed by atoms with Gasteiger partial charge in [0.2, 0.25) is 0 Å². The molecule has 1 unspecified atom stereocenters. The van der Waals surface area contributed by atoms with E-state index in [1.807, 2.05) is 6.92 Å². The lowest BCUT2D eigenvalue weighted by Gasteiger charge is -2.32. The number of aromatic nitrogens is 1. The van der Waals surface area contributed by atoms with Gasteiger partial charge >= 0.3 is 0 Å². The Labute approximate surface area is 118 Å². The Hall–Kier alpha value is -1.33. The SMILES string of the molecule is CCOC1CCCN(CCC(=O)c2ccc(F)cn2)C1. The van der Waals surface area contributed by atoms with E-state index in [4.69, 9.17) is 4.74 Å². The molecule has 1 aromatic rings. The molecule has 1 aromatic heterocycles. The first-order valence-electron chi connectivity index (χ1n) is 7.17. The average molecular weight is 280 g/mol. The molecule has 0 radical (unpaired) electrons. The van der Waals surface area contributed by atoms with Crippen LogP contribution in [-0.4, -0.2) is 48.0 Å². The number of piperidine rings is 1. The van der Waals surface area contributed by atoms with Crippen LogP contribution in [0.5, 0.6) is 0 Å². The van der Waals surface area contributed by atoms with Crippen molar-refractivity contribution in [2.24, 2.45) is 0 Å². The Morgan fingerprint density at radius 2 is 2.40 bits per heavy atom. The van der Waals surface area contributed by atoms with Gasteiger partial charge in [0.25, 0.3) is 0 Å². The zero-order valence-electron chi connectivity index (χ0n) is 11.8. The van der Waals surface area contributed by atoms with Crippen molar-refractivity contribution in [3.63, 3.8) is 0 Å². The zero-order chi connectivity index (χ0) is 14.4. The summed E-state index contributed by atoms with van der Waals surface area (Å²) < 4.78 is 18.4. The van der Waals surface area contributed by atoms with Gasteiger partial charge in [-0.05, 0) is 38.4 Å². The molecular formula is C15H21FN2O2. The molecule has 20 heavy (non-hydrogen) atoms. The van der Waals surface area contributed by atoms with Crippen LogP contribution in [0.1, 0.15) is 36.7 Å². The molecule has 4 nitrogen and oxygen atoms in total. The van der Waals surface area contributed by atoms with Crippen molar-refractivity contribution in [2.45, 2.75) is 32.3 Å². The molecule has 5 heteroatoms. The Bertz CT molecular complexity index is 434. The summed E-state index contributed by atoms with van der Waals surface area (Å²) in [6, 6.07) is 2.71. The number of pyridine rings is 1. The predicted octanol–water partition coefficient (Wildman–Crippen LogP) is 2.29.